The number of carbonyl (C=O) groups is 2. The lowest BCUT2D eigenvalue weighted by atomic mass is 10.1. The summed E-state index contributed by atoms with van der Waals surface area (Å²) in [5, 5.41) is 2.67. The third-order valence-electron chi connectivity index (χ3n) is 3.16. The molecule has 4 nitrogen and oxygen atoms in total. The molecule has 1 amide bonds. The molecule has 0 radical (unpaired) electrons. The van der Waals surface area contributed by atoms with Crippen LogP contribution in [-0.4, -0.2) is 19.0 Å². The molecular weight excluding hydrogens is 278 g/mol. The minimum absolute atomic E-state index is 0.372. The first-order valence-corrected chi connectivity index (χ1v) is 6.66. The Kier molecular flexibility index (Phi) is 4.94. The molecule has 110 valence electrons. The normalized spacial score (nSPS) is 11.1. The average molecular weight is 293 g/mol. The van der Waals surface area contributed by atoms with E-state index in [-0.39, 0.29) is 5.91 Å². The molecule has 2 aromatic rings. The van der Waals surface area contributed by atoms with Gasteiger partial charge in [-0.2, -0.15) is 0 Å². The van der Waals surface area contributed by atoms with Gasteiger partial charge in [0.05, 0.1) is 7.11 Å². The summed E-state index contributed by atoms with van der Waals surface area (Å²) >= 11 is 0. The molecule has 0 spiro atoms. The lowest BCUT2D eigenvalue weighted by molar-refractivity contribution is -0.143. The third-order valence-corrected chi connectivity index (χ3v) is 3.16. The standard InChI is InChI=1S/C18H15NO3/c1-3-13-9-11-15(12-10-13)17(20)19-16(18(21)22-2)14-7-5-4-6-8-14/h1,4-12,16H,2H3,(H,19,20)/t16-/m0/s1. The molecule has 0 saturated heterocycles. The topological polar surface area (TPSA) is 55.4 Å². The average Bonchev–Trinajstić information content (AvgIpc) is 2.59. The number of hydrogen-bond acceptors (Lipinski definition) is 3. The molecule has 0 saturated carbocycles. The second-order valence-corrected chi connectivity index (χ2v) is 4.56. The first-order chi connectivity index (χ1) is 10.7. The van der Waals surface area contributed by atoms with Gasteiger partial charge in [0.1, 0.15) is 0 Å². The Bertz CT molecular complexity index is 699. The van der Waals surface area contributed by atoms with Gasteiger partial charge in [-0.25, -0.2) is 4.79 Å². The zero-order chi connectivity index (χ0) is 15.9. The quantitative estimate of drug-likeness (QED) is 0.695. The maximum Gasteiger partial charge on any atom is 0.333 e. The van der Waals surface area contributed by atoms with E-state index < -0.39 is 12.0 Å². The lowest BCUT2D eigenvalue weighted by Gasteiger charge is -2.17. The summed E-state index contributed by atoms with van der Waals surface area (Å²) in [6.07, 6.45) is 5.28. The van der Waals surface area contributed by atoms with Crippen molar-refractivity contribution < 1.29 is 14.3 Å². The molecule has 0 aliphatic heterocycles. The van der Waals surface area contributed by atoms with Gasteiger partial charge in [0.15, 0.2) is 6.04 Å². The maximum atomic E-state index is 12.3. The van der Waals surface area contributed by atoms with Crippen LogP contribution in [0.1, 0.15) is 27.5 Å². The smallest absolute Gasteiger partial charge is 0.333 e. The number of hydrogen-bond donors (Lipinski definition) is 1. The molecule has 1 atom stereocenters. The van der Waals surface area contributed by atoms with Crippen LogP contribution in [0.2, 0.25) is 0 Å². The molecule has 1 N–H and O–H groups in total. The summed E-state index contributed by atoms with van der Waals surface area (Å²) in [6, 6.07) is 14.6. The largest absolute Gasteiger partial charge is 0.467 e. The SMILES string of the molecule is C#Cc1ccc(C(=O)N[C@H](C(=O)OC)c2ccccc2)cc1. The summed E-state index contributed by atoms with van der Waals surface area (Å²) in [6.45, 7) is 0. The van der Waals surface area contributed by atoms with Crippen molar-refractivity contribution in [3.63, 3.8) is 0 Å². The second kappa shape index (κ2) is 7.09. The summed E-state index contributed by atoms with van der Waals surface area (Å²) in [4.78, 5) is 24.2. The Balaban J connectivity index is 2.21. The predicted octanol–water partition coefficient (Wildman–Crippen LogP) is 2.31. The van der Waals surface area contributed by atoms with Crippen molar-refractivity contribution in [2.24, 2.45) is 0 Å². The van der Waals surface area contributed by atoms with E-state index in [1.165, 1.54) is 7.11 Å². The number of rotatable bonds is 4. The van der Waals surface area contributed by atoms with E-state index in [4.69, 9.17) is 11.2 Å². The Morgan fingerprint density at radius 2 is 1.73 bits per heavy atom. The molecular formula is C18H15NO3. The van der Waals surface area contributed by atoms with E-state index in [9.17, 15) is 9.59 Å². The van der Waals surface area contributed by atoms with Crippen LogP contribution in [0.25, 0.3) is 0 Å². The molecule has 0 fully saturated rings. The van der Waals surface area contributed by atoms with Crippen LogP contribution in [0.3, 0.4) is 0 Å². The van der Waals surface area contributed by atoms with E-state index in [0.29, 0.717) is 16.7 Å². The Labute approximate surface area is 129 Å². The monoisotopic (exact) mass is 293 g/mol. The molecule has 22 heavy (non-hydrogen) atoms. The minimum Gasteiger partial charge on any atom is -0.467 e. The highest BCUT2D eigenvalue weighted by Gasteiger charge is 2.23. The fourth-order valence-electron chi connectivity index (χ4n) is 1.97. The highest BCUT2D eigenvalue weighted by Crippen LogP contribution is 2.15. The van der Waals surface area contributed by atoms with Crippen LogP contribution < -0.4 is 5.32 Å². The van der Waals surface area contributed by atoms with Crippen molar-refractivity contribution in [3.8, 4) is 12.3 Å². The minimum atomic E-state index is -0.856. The van der Waals surface area contributed by atoms with E-state index >= 15 is 0 Å². The summed E-state index contributed by atoms with van der Waals surface area (Å²) < 4.78 is 4.76. The Morgan fingerprint density at radius 1 is 1.09 bits per heavy atom. The van der Waals surface area contributed by atoms with Gasteiger partial charge in [-0.3, -0.25) is 4.79 Å². The van der Waals surface area contributed by atoms with Crippen molar-refractivity contribution in [1.82, 2.24) is 5.32 Å². The number of ether oxygens (including phenoxy) is 1. The molecule has 0 aliphatic carbocycles. The third kappa shape index (κ3) is 3.53. The summed E-state index contributed by atoms with van der Waals surface area (Å²) in [7, 11) is 1.28. The van der Waals surface area contributed by atoms with Crippen molar-refractivity contribution in [2.45, 2.75) is 6.04 Å². The summed E-state index contributed by atoms with van der Waals surface area (Å²) in [5.41, 5.74) is 1.76. The fourth-order valence-corrected chi connectivity index (χ4v) is 1.97. The van der Waals surface area contributed by atoms with Gasteiger partial charge in [-0.1, -0.05) is 36.3 Å². The molecule has 0 unspecified atom stereocenters. The molecule has 0 aromatic heterocycles. The van der Waals surface area contributed by atoms with Crippen molar-refractivity contribution in [1.29, 1.82) is 0 Å². The number of methoxy groups -OCH3 is 1. The maximum absolute atomic E-state index is 12.3. The number of amides is 1. The lowest BCUT2D eigenvalue weighted by Crippen LogP contribution is -2.34. The van der Waals surface area contributed by atoms with Gasteiger partial charge in [-0.15, -0.1) is 6.42 Å². The van der Waals surface area contributed by atoms with Gasteiger partial charge < -0.3 is 10.1 Å². The fraction of sp³-hybridized carbons (Fsp3) is 0.111. The van der Waals surface area contributed by atoms with Crippen LogP contribution in [0.4, 0.5) is 0 Å². The molecule has 2 aromatic carbocycles. The van der Waals surface area contributed by atoms with Crippen LogP contribution in [0, 0.1) is 12.3 Å². The first-order valence-electron chi connectivity index (χ1n) is 6.66. The molecule has 0 aliphatic rings. The second-order valence-electron chi connectivity index (χ2n) is 4.56. The van der Waals surface area contributed by atoms with Crippen molar-refractivity contribution >= 4 is 11.9 Å². The number of terminal acetylenes is 1. The van der Waals surface area contributed by atoms with Gasteiger partial charge >= 0.3 is 5.97 Å². The highest BCUT2D eigenvalue weighted by atomic mass is 16.5. The molecule has 2 rings (SSSR count). The van der Waals surface area contributed by atoms with E-state index in [1.807, 2.05) is 6.07 Å². The number of nitrogens with one attached hydrogen (secondary N) is 1. The van der Waals surface area contributed by atoms with Crippen LogP contribution in [0.15, 0.2) is 54.6 Å². The molecule has 0 heterocycles. The van der Waals surface area contributed by atoms with Crippen molar-refractivity contribution in [3.05, 3.63) is 71.3 Å². The highest BCUT2D eigenvalue weighted by molar-refractivity contribution is 5.97. The van der Waals surface area contributed by atoms with Gasteiger partial charge in [0, 0.05) is 11.1 Å². The van der Waals surface area contributed by atoms with Crippen LogP contribution >= 0.6 is 0 Å². The summed E-state index contributed by atoms with van der Waals surface area (Å²) in [5.74, 6) is 1.58. The predicted molar refractivity (Wildman–Crippen MR) is 83.0 cm³/mol. The van der Waals surface area contributed by atoms with E-state index in [2.05, 4.69) is 11.2 Å². The van der Waals surface area contributed by atoms with Crippen molar-refractivity contribution in [2.75, 3.05) is 7.11 Å². The van der Waals surface area contributed by atoms with Gasteiger partial charge in [-0.05, 0) is 29.8 Å². The van der Waals surface area contributed by atoms with E-state index in [1.54, 1.807) is 48.5 Å². The van der Waals surface area contributed by atoms with Gasteiger partial charge in [0.25, 0.3) is 5.91 Å². The number of esters is 1. The Hall–Kier alpha value is -3.06. The van der Waals surface area contributed by atoms with E-state index in [0.717, 1.165) is 0 Å². The molecule has 0 bridgehead atoms. The van der Waals surface area contributed by atoms with Crippen LogP contribution in [0.5, 0.6) is 0 Å². The zero-order valence-corrected chi connectivity index (χ0v) is 12.1. The first kappa shape index (κ1) is 15.3. The van der Waals surface area contributed by atoms with Gasteiger partial charge in [0.2, 0.25) is 0 Å². The number of carbonyl (C=O) groups excluding carboxylic acids is 2. The zero-order valence-electron chi connectivity index (χ0n) is 12.1. The van der Waals surface area contributed by atoms with Crippen LogP contribution in [-0.2, 0) is 9.53 Å². The molecule has 4 heteroatoms. The Morgan fingerprint density at radius 3 is 2.27 bits per heavy atom. The number of benzene rings is 2.